The number of ether oxygens (including phenoxy) is 1. The van der Waals surface area contributed by atoms with E-state index in [4.69, 9.17) is 9.84 Å². The van der Waals surface area contributed by atoms with Crippen LogP contribution in [0, 0.1) is 11.6 Å². The first kappa shape index (κ1) is 24.6. The van der Waals surface area contributed by atoms with Crippen LogP contribution < -0.4 is 10.1 Å². The maximum atomic E-state index is 13.6. The molecule has 0 aliphatic carbocycles. The molecule has 2 aliphatic heterocycles. The Morgan fingerprint density at radius 2 is 1.78 bits per heavy atom. The third-order valence-electron chi connectivity index (χ3n) is 5.99. The number of nitrogens with one attached hydrogen (secondary N) is 1. The van der Waals surface area contributed by atoms with Crippen molar-refractivity contribution in [1.29, 1.82) is 0 Å². The Kier molecular flexibility index (Phi) is 7.00. The van der Waals surface area contributed by atoms with Gasteiger partial charge in [0.05, 0.1) is 18.9 Å². The normalized spacial score (nSPS) is 19.0. The number of hydrogen-bond acceptors (Lipinski definition) is 6. The van der Waals surface area contributed by atoms with Crippen molar-refractivity contribution in [2.75, 3.05) is 12.4 Å². The lowest BCUT2D eigenvalue weighted by atomic mass is 9.98. The zero-order valence-corrected chi connectivity index (χ0v) is 20.5. The van der Waals surface area contributed by atoms with Gasteiger partial charge in [-0.05, 0) is 47.5 Å². The number of rotatable bonds is 6. The van der Waals surface area contributed by atoms with Gasteiger partial charge >= 0.3 is 0 Å². The largest absolute Gasteiger partial charge is 0.497 e. The highest BCUT2D eigenvalue weighted by atomic mass is 32.2. The summed E-state index contributed by atoms with van der Waals surface area (Å²) < 4.78 is 32.2. The van der Waals surface area contributed by atoms with Crippen LogP contribution in [0.3, 0.4) is 0 Å². The minimum atomic E-state index is -0.709. The molecule has 0 spiro atoms. The molecule has 0 aromatic heterocycles. The number of nitrogens with zero attached hydrogens (tertiary/aromatic N) is 3. The molecule has 37 heavy (non-hydrogen) atoms. The predicted octanol–water partition coefficient (Wildman–Crippen LogP) is 5.15. The highest BCUT2D eigenvalue weighted by Gasteiger charge is 2.39. The lowest BCUT2D eigenvalue weighted by Gasteiger charge is -2.23. The molecule has 7 nitrogen and oxygen atoms in total. The first-order valence-electron chi connectivity index (χ1n) is 11.5. The van der Waals surface area contributed by atoms with Gasteiger partial charge in [0.25, 0.3) is 5.91 Å². The number of amides is 2. The third-order valence-corrected chi connectivity index (χ3v) is 7.13. The van der Waals surface area contributed by atoms with Crippen molar-refractivity contribution in [3.63, 3.8) is 0 Å². The van der Waals surface area contributed by atoms with E-state index in [0.29, 0.717) is 28.7 Å². The Morgan fingerprint density at radius 3 is 2.49 bits per heavy atom. The first-order chi connectivity index (χ1) is 17.9. The van der Waals surface area contributed by atoms with Gasteiger partial charge in [0.15, 0.2) is 5.17 Å². The fourth-order valence-corrected chi connectivity index (χ4v) is 5.20. The molecule has 0 fully saturated rings. The number of methoxy groups -OCH3 is 1. The molecule has 0 radical (unpaired) electrons. The van der Waals surface area contributed by atoms with Gasteiger partial charge < -0.3 is 10.1 Å². The summed E-state index contributed by atoms with van der Waals surface area (Å²) in [6, 6.07) is 18.6. The van der Waals surface area contributed by atoms with Crippen LogP contribution in [0.1, 0.15) is 30.0 Å². The molecular weight excluding hydrogens is 498 g/mol. The minimum Gasteiger partial charge on any atom is -0.497 e. The molecule has 0 unspecified atom stereocenters. The van der Waals surface area contributed by atoms with Crippen LogP contribution in [-0.4, -0.2) is 40.1 Å². The number of anilines is 1. The van der Waals surface area contributed by atoms with E-state index < -0.39 is 11.2 Å². The van der Waals surface area contributed by atoms with E-state index in [0.717, 1.165) is 22.9 Å². The van der Waals surface area contributed by atoms with Gasteiger partial charge in [0.1, 0.15) is 22.6 Å². The average Bonchev–Trinajstić information content (AvgIpc) is 3.49. The van der Waals surface area contributed by atoms with Crippen LogP contribution in [0.15, 0.2) is 82.9 Å². The summed E-state index contributed by atoms with van der Waals surface area (Å²) in [6.07, 6.45) is 0.378. The Morgan fingerprint density at radius 1 is 1.08 bits per heavy atom. The van der Waals surface area contributed by atoms with E-state index in [1.165, 1.54) is 31.4 Å². The van der Waals surface area contributed by atoms with E-state index in [9.17, 15) is 18.4 Å². The molecular formula is C27H22F2N4O3S. The molecule has 3 aromatic rings. The maximum Gasteiger partial charge on any atom is 0.262 e. The van der Waals surface area contributed by atoms with Crippen molar-refractivity contribution < 1.29 is 23.1 Å². The second kappa shape index (κ2) is 10.5. The quantitative estimate of drug-likeness (QED) is 0.486. The molecule has 2 heterocycles. The van der Waals surface area contributed by atoms with Crippen LogP contribution >= 0.6 is 11.8 Å². The SMILES string of the molecule is COc1cccc(NC(=O)C[C@@H]2SC(N3N=C(c4ccc(F)cc4)C[C@H]3c3ccc(F)cc3)=NC2=O)c1. The van der Waals surface area contributed by atoms with Crippen LogP contribution in [0.5, 0.6) is 5.75 Å². The lowest BCUT2D eigenvalue weighted by molar-refractivity contribution is -0.121. The zero-order chi connectivity index (χ0) is 25.9. The number of hydrazone groups is 1. The number of carbonyl (C=O) groups excluding carboxylic acids is 2. The second-order valence-electron chi connectivity index (χ2n) is 8.49. The standard InChI is InChI=1S/C27H22F2N4O3S/c1-36-21-4-2-3-20(13-21)30-25(34)15-24-26(35)31-27(37-24)33-23(17-7-11-19(29)12-8-17)14-22(32-33)16-5-9-18(28)10-6-16/h2-13,23-24H,14-15H2,1H3,(H,30,34)/t23-,24-/m0/s1. The van der Waals surface area contributed by atoms with Crippen LogP contribution in [-0.2, 0) is 9.59 Å². The lowest BCUT2D eigenvalue weighted by Crippen LogP contribution is -2.25. The highest BCUT2D eigenvalue weighted by Crippen LogP contribution is 2.38. The van der Waals surface area contributed by atoms with Crippen molar-refractivity contribution >= 4 is 40.1 Å². The summed E-state index contributed by atoms with van der Waals surface area (Å²) in [6.45, 7) is 0. The van der Waals surface area contributed by atoms with Gasteiger partial charge in [0, 0.05) is 24.6 Å². The number of halogens is 2. The van der Waals surface area contributed by atoms with Crippen LogP contribution in [0.4, 0.5) is 14.5 Å². The van der Waals surface area contributed by atoms with Gasteiger partial charge in [-0.25, -0.2) is 13.8 Å². The highest BCUT2D eigenvalue weighted by molar-refractivity contribution is 8.15. The monoisotopic (exact) mass is 520 g/mol. The topological polar surface area (TPSA) is 83.4 Å². The predicted molar refractivity (Wildman–Crippen MR) is 139 cm³/mol. The molecule has 0 saturated carbocycles. The molecule has 2 amide bonds. The van der Waals surface area contributed by atoms with Crippen molar-refractivity contribution in [2.24, 2.45) is 10.1 Å². The number of amidine groups is 1. The average molecular weight is 521 g/mol. The van der Waals surface area contributed by atoms with Gasteiger partial charge in [-0.1, -0.05) is 42.1 Å². The molecule has 0 bridgehead atoms. The summed E-state index contributed by atoms with van der Waals surface area (Å²) in [5, 5.41) is 8.76. The molecule has 10 heteroatoms. The van der Waals surface area contributed by atoms with Gasteiger partial charge in [0.2, 0.25) is 5.91 Å². The van der Waals surface area contributed by atoms with E-state index in [1.54, 1.807) is 53.5 Å². The Bertz CT molecular complexity index is 1390. The number of carbonyl (C=O) groups is 2. The van der Waals surface area contributed by atoms with Crippen molar-refractivity contribution in [1.82, 2.24) is 5.01 Å². The molecule has 2 atom stereocenters. The van der Waals surface area contributed by atoms with Crippen LogP contribution in [0.2, 0.25) is 0 Å². The minimum absolute atomic E-state index is 0.0721. The molecule has 188 valence electrons. The van der Waals surface area contributed by atoms with E-state index in [1.807, 2.05) is 0 Å². The molecule has 5 rings (SSSR count). The summed E-state index contributed by atoms with van der Waals surface area (Å²) in [7, 11) is 1.54. The Balaban J connectivity index is 1.34. The summed E-state index contributed by atoms with van der Waals surface area (Å²) in [5.41, 5.74) is 2.77. The number of thioether (sulfide) groups is 1. The molecule has 3 aromatic carbocycles. The molecule has 2 aliphatic rings. The fraction of sp³-hybridized carbons (Fsp3) is 0.185. The first-order valence-corrected chi connectivity index (χ1v) is 12.4. The number of hydrogen-bond donors (Lipinski definition) is 1. The second-order valence-corrected chi connectivity index (χ2v) is 9.66. The maximum absolute atomic E-state index is 13.6. The summed E-state index contributed by atoms with van der Waals surface area (Å²) in [5.74, 6) is -0.874. The fourth-order valence-electron chi connectivity index (χ4n) is 4.13. The van der Waals surface area contributed by atoms with Crippen molar-refractivity contribution in [3.8, 4) is 5.75 Å². The van der Waals surface area contributed by atoms with E-state index >= 15 is 0 Å². The third kappa shape index (κ3) is 5.54. The van der Waals surface area contributed by atoms with Gasteiger partial charge in [-0.15, -0.1) is 0 Å². The molecule has 1 N–H and O–H groups in total. The van der Waals surface area contributed by atoms with Crippen LogP contribution in [0.25, 0.3) is 0 Å². The van der Waals surface area contributed by atoms with Gasteiger partial charge in [-0.2, -0.15) is 10.1 Å². The van der Waals surface area contributed by atoms with Crippen molar-refractivity contribution in [3.05, 3.63) is 95.6 Å². The van der Waals surface area contributed by atoms with Gasteiger partial charge in [-0.3, -0.25) is 9.59 Å². The number of benzene rings is 3. The summed E-state index contributed by atoms with van der Waals surface area (Å²) in [4.78, 5) is 29.6. The Hall–Kier alpha value is -4.05. The molecule has 0 saturated heterocycles. The smallest absolute Gasteiger partial charge is 0.262 e. The Labute approximate surface area is 216 Å². The number of aliphatic imine (C=N–C) groups is 1. The van der Waals surface area contributed by atoms with Crippen molar-refractivity contribution in [2.45, 2.75) is 24.1 Å². The zero-order valence-electron chi connectivity index (χ0n) is 19.7. The summed E-state index contributed by atoms with van der Waals surface area (Å²) >= 11 is 1.16. The van der Waals surface area contributed by atoms with E-state index in [-0.39, 0.29) is 30.0 Å². The van der Waals surface area contributed by atoms with E-state index in [2.05, 4.69) is 10.3 Å².